The molecular formula is C34H33N5O3. The van der Waals surface area contributed by atoms with Gasteiger partial charge in [0.05, 0.1) is 17.4 Å². The van der Waals surface area contributed by atoms with Crippen LogP contribution in [0.2, 0.25) is 0 Å². The highest BCUT2D eigenvalue weighted by molar-refractivity contribution is 6.05. The number of hydrogen-bond donors (Lipinski definition) is 0. The van der Waals surface area contributed by atoms with E-state index in [0.717, 1.165) is 30.5 Å². The number of pyridine rings is 1. The molecule has 0 aliphatic carbocycles. The molecule has 1 aliphatic heterocycles. The van der Waals surface area contributed by atoms with Crippen LogP contribution in [-0.2, 0) is 13.6 Å². The molecule has 0 atom stereocenters. The van der Waals surface area contributed by atoms with E-state index in [1.807, 2.05) is 65.0 Å². The van der Waals surface area contributed by atoms with Crippen LogP contribution < -0.4 is 9.64 Å². The fraction of sp³-hybridized carbons (Fsp3) is 0.206. The van der Waals surface area contributed by atoms with Crippen LogP contribution in [0.3, 0.4) is 0 Å². The number of rotatable bonds is 7. The summed E-state index contributed by atoms with van der Waals surface area (Å²) in [5.41, 5.74) is 4.13. The van der Waals surface area contributed by atoms with Crippen molar-refractivity contribution < 1.29 is 14.3 Å². The average molecular weight is 560 g/mol. The summed E-state index contributed by atoms with van der Waals surface area (Å²) in [6, 6.07) is 30.8. The van der Waals surface area contributed by atoms with E-state index in [2.05, 4.69) is 34.1 Å². The van der Waals surface area contributed by atoms with Gasteiger partial charge in [0, 0.05) is 69.9 Å². The van der Waals surface area contributed by atoms with Crippen molar-refractivity contribution >= 4 is 28.4 Å². The van der Waals surface area contributed by atoms with Crippen LogP contribution in [0.4, 0.5) is 5.69 Å². The fourth-order valence-electron chi connectivity index (χ4n) is 5.33. The maximum atomic E-state index is 13.5. The van der Waals surface area contributed by atoms with Crippen LogP contribution >= 0.6 is 0 Å². The number of anilines is 1. The number of fused-ring (bicyclic) bond motifs is 1. The maximum absolute atomic E-state index is 13.5. The zero-order valence-corrected chi connectivity index (χ0v) is 23.8. The Morgan fingerprint density at radius 3 is 2.26 bits per heavy atom. The van der Waals surface area contributed by atoms with Gasteiger partial charge in [0.1, 0.15) is 11.4 Å². The number of nitrogens with zero attached hydrogens (tertiary/aromatic N) is 5. The summed E-state index contributed by atoms with van der Waals surface area (Å²) in [7, 11) is 3.64. The average Bonchev–Trinajstić information content (AvgIpc) is 3.37. The third kappa shape index (κ3) is 5.75. The summed E-state index contributed by atoms with van der Waals surface area (Å²) in [6.45, 7) is 4.01. The molecule has 8 heteroatoms. The molecule has 212 valence electrons. The minimum absolute atomic E-state index is 0.0435. The number of carbonyl (C=O) groups excluding carboxylic acids is 2. The first-order valence-electron chi connectivity index (χ1n) is 14.1. The van der Waals surface area contributed by atoms with Gasteiger partial charge >= 0.3 is 0 Å². The van der Waals surface area contributed by atoms with Gasteiger partial charge in [-0.05, 0) is 42.0 Å². The number of piperazine rings is 1. The first kappa shape index (κ1) is 27.2. The summed E-state index contributed by atoms with van der Waals surface area (Å²) >= 11 is 0. The lowest BCUT2D eigenvalue weighted by Gasteiger charge is -2.34. The van der Waals surface area contributed by atoms with E-state index < -0.39 is 0 Å². The van der Waals surface area contributed by atoms with Gasteiger partial charge in [0.2, 0.25) is 5.88 Å². The Morgan fingerprint density at radius 2 is 1.57 bits per heavy atom. The van der Waals surface area contributed by atoms with Crippen LogP contribution in [0.5, 0.6) is 11.6 Å². The molecule has 2 amide bonds. The Bertz CT molecular complexity index is 1690. The summed E-state index contributed by atoms with van der Waals surface area (Å²) in [4.78, 5) is 36.5. The zero-order valence-electron chi connectivity index (χ0n) is 23.8. The Labute approximate surface area is 245 Å². The predicted octanol–water partition coefficient (Wildman–Crippen LogP) is 5.60. The van der Waals surface area contributed by atoms with E-state index in [0.29, 0.717) is 41.7 Å². The Morgan fingerprint density at radius 1 is 0.857 bits per heavy atom. The minimum atomic E-state index is -0.111. The van der Waals surface area contributed by atoms with Crippen molar-refractivity contribution in [3.05, 3.63) is 120 Å². The third-order valence-electron chi connectivity index (χ3n) is 7.80. The second-order valence-electron chi connectivity index (χ2n) is 10.6. The molecule has 42 heavy (non-hydrogen) atoms. The van der Waals surface area contributed by atoms with Crippen molar-refractivity contribution in [1.82, 2.24) is 19.4 Å². The van der Waals surface area contributed by atoms with E-state index in [4.69, 9.17) is 4.74 Å². The molecule has 5 aromatic rings. The van der Waals surface area contributed by atoms with Crippen molar-refractivity contribution in [2.75, 3.05) is 38.1 Å². The van der Waals surface area contributed by atoms with Crippen molar-refractivity contribution in [3.63, 3.8) is 0 Å². The van der Waals surface area contributed by atoms with Crippen LogP contribution in [0, 0.1) is 0 Å². The van der Waals surface area contributed by atoms with E-state index in [1.165, 1.54) is 5.56 Å². The Balaban J connectivity index is 1.10. The highest BCUT2D eigenvalue weighted by atomic mass is 16.5. The molecule has 2 aromatic heterocycles. The number of carbonyl (C=O) groups is 2. The number of benzene rings is 3. The van der Waals surface area contributed by atoms with Crippen LogP contribution in [-0.4, -0.2) is 64.4 Å². The molecule has 1 saturated heterocycles. The van der Waals surface area contributed by atoms with Gasteiger partial charge in [-0.15, -0.1) is 0 Å². The molecule has 0 unspecified atom stereocenters. The molecule has 3 heterocycles. The molecule has 1 fully saturated rings. The number of aromatic nitrogens is 2. The molecule has 0 bridgehead atoms. The largest absolute Gasteiger partial charge is 0.439 e. The van der Waals surface area contributed by atoms with Gasteiger partial charge in [-0.2, -0.15) is 0 Å². The van der Waals surface area contributed by atoms with E-state index >= 15 is 0 Å². The van der Waals surface area contributed by atoms with E-state index in [9.17, 15) is 9.59 Å². The Hall–Kier alpha value is -4.95. The summed E-state index contributed by atoms with van der Waals surface area (Å²) in [6.07, 6.45) is 1.62. The van der Waals surface area contributed by atoms with E-state index in [-0.39, 0.29) is 11.8 Å². The summed E-state index contributed by atoms with van der Waals surface area (Å²) in [5.74, 6) is 0.963. The highest BCUT2D eigenvalue weighted by Crippen LogP contribution is 2.28. The topological polar surface area (TPSA) is 70.9 Å². The second kappa shape index (κ2) is 11.9. The van der Waals surface area contributed by atoms with Gasteiger partial charge < -0.3 is 19.1 Å². The molecule has 3 aromatic carbocycles. The lowest BCUT2D eigenvalue weighted by molar-refractivity contribution is 0.0619. The van der Waals surface area contributed by atoms with Gasteiger partial charge in [0.15, 0.2) is 0 Å². The quantitative estimate of drug-likeness (QED) is 0.260. The number of aryl methyl sites for hydroxylation is 1. The summed E-state index contributed by atoms with van der Waals surface area (Å²) < 4.78 is 7.97. The molecule has 0 spiro atoms. The predicted molar refractivity (Wildman–Crippen MR) is 164 cm³/mol. The van der Waals surface area contributed by atoms with Gasteiger partial charge in [-0.25, -0.2) is 4.98 Å². The standard InChI is InChI=1S/C34H33N5O3/c1-36(33(40)26-11-7-4-8-12-26)28-14-16-32(35-23-28)42-29-15-13-27-21-31(37(2)30(27)22-29)34(41)39-19-17-38(18-20-39)24-25-9-5-3-6-10-25/h3-16,21-23H,17-20,24H2,1-2H3. The third-order valence-corrected chi connectivity index (χ3v) is 7.80. The maximum Gasteiger partial charge on any atom is 0.270 e. The normalized spacial score (nSPS) is 13.7. The fourth-order valence-corrected chi connectivity index (χ4v) is 5.33. The highest BCUT2D eigenvalue weighted by Gasteiger charge is 2.25. The molecule has 0 saturated carbocycles. The van der Waals surface area contributed by atoms with Crippen LogP contribution in [0.15, 0.2) is 103 Å². The summed E-state index contributed by atoms with van der Waals surface area (Å²) in [5, 5.41) is 0.972. The monoisotopic (exact) mass is 559 g/mol. The van der Waals surface area contributed by atoms with Crippen molar-refractivity contribution in [2.45, 2.75) is 6.54 Å². The van der Waals surface area contributed by atoms with Crippen LogP contribution in [0.25, 0.3) is 10.9 Å². The minimum Gasteiger partial charge on any atom is -0.439 e. The molecule has 1 aliphatic rings. The molecule has 0 radical (unpaired) electrons. The lowest BCUT2D eigenvalue weighted by atomic mass is 10.2. The van der Waals surface area contributed by atoms with Crippen molar-refractivity contribution in [3.8, 4) is 11.6 Å². The SMILES string of the molecule is CN(C(=O)c1ccccc1)c1ccc(Oc2ccc3cc(C(=O)N4CCN(Cc5ccccc5)CC4)n(C)c3c2)nc1. The van der Waals surface area contributed by atoms with E-state index in [1.54, 1.807) is 42.4 Å². The molecule has 6 rings (SSSR count). The smallest absolute Gasteiger partial charge is 0.270 e. The zero-order chi connectivity index (χ0) is 29.1. The van der Waals surface area contributed by atoms with Gasteiger partial charge in [0.25, 0.3) is 11.8 Å². The molecule has 8 nitrogen and oxygen atoms in total. The Kier molecular flexibility index (Phi) is 7.70. The van der Waals surface area contributed by atoms with Crippen molar-refractivity contribution in [2.24, 2.45) is 7.05 Å². The van der Waals surface area contributed by atoms with Gasteiger partial charge in [-0.1, -0.05) is 48.5 Å². The first-order valence-corrected chi connectivity index (χ1v) is 14.1. The first-order chi connectivity index (χ1) is 20.5. The number of amides is 2. The van der Waals surface area contributed by atoms with Gasteiger partial charge in [-0.3, -0.25) is 14.5 Å². The second-order valence-corrected chi connectivity index (χ2v) is 10.6. The number of ether oxygens (including phenoxy) is 1. The molecule has 0 N–H and O–H groups in total. The molecular weight excluding hydrogens is 526 g/mol. The number of hydrogen-bond acceptors (Lipinski definition) is 5. The van der Waals surface area contributed by atoms with Crippen molar-refractivity contribution in [1.29, 1.82) is 0 Å². The lowest BCUT2D eigenvalue weighted by Crippen LogP contribution is -2.48. The van der Waals surface area contributed by atoms with Crippen LogP contribution in [0.1, 0.15) is 26.4 Å².